The molecule has 0 N–H and O–H groups in total. The van der Waals surface area contributed by atoms with Crippen LogP contribution in [0.3, 0.4) is 0 Å². The molecule has 0 amide bonds. The van der Waals surface area contributed by atoms with E-state index >= 15 is 0 Å². The SMILES string of the molecule is CC(C)C1CN(C(C)C)CC12CC2. The Morgan fingerprint density at radius 2 is 1.77 bits per heavy atom. The van der Waals surface area contributed by atoms with Gasteiger partial charge in [0.25, 0.3) is 0 Å². The fourth-order valence-corrected chi connectivity index (χ4v) is 3.03. The van der Waals surface area contributed by atoms with Crippen molar-refractivity contribution in [1.29, 1.82) is 0 Å². The van der Waals surface area contributed by atoms with Gasteiger partial charge in [0.2, 0.25) is 0 Å². The average molecular weight is 181 g/mol. The molecule has 13 heavy (non-hydrogen) atoms. The van der Waals surface area contributed by atoms with Crippen LogP contribution in [0.1, 0.15) is 40.5 Å². The molecule has 1 heteroatoms. The molecule has 1 aliphatic carbocycles. The molecule has 0 aromatic rings. The summed E-state index contributed by atoms with van der Waals surface area (Å²) >= 11 is 0. The van der Waals surface area contributed by atoms with Crippen molar-refractivity contribution in [2.24, 2.45) is 17.3 Å². The zero-order valence-electron chi connectivity index (χ0n) is 9.51. The van der Waals surface area contributed by atoms with Crippen LogP contribution in [0, 0.1) is 17.3 Å². The van der Waals surface area contributed by atoms with Gasteiger partial charge in [-0.05, 0) is 43.9 Å². The van der Waals surface area contributed by atoms with E-state index in [2.05, 4.69) is 32.6 Å². The lowest BCUT2D eigenvalue weighted by molar-refractivity contribution is 0.253. The van der Waals surface area contributed by atoms with E-state index in [0.29, 0.717) is 0 Å². The van der Waals surface area contributed by atoms with Crippen LogP contribution in [0.5, 0.6) is 0 Å². The summed E-state index contributed by atoms with van der Waals surface area (Å²) in [5.41, 5.74) is 0.762. The van der Waals surface area contributed by atoms with Crippen molar-refractivity contribution >= 4 is 0 Å². The highest BCUT2D eigenvalue weighted by Gasteiger charge is 2.55. The first-order valence-electron chi connectivity index (χ1n) is 5.79. The summed E-state index contributed by atoms with van der Waals surface area (Å²) < 4.78 is 0. The molecule has 0 aromatic heterocycles. The smallest absolute Gasteiger partial charge is 0.00440 e. The van der Waals surface area contributed by atoms with E-state index in [-0.39, 0.29) is 0 Å². The Labute approximate surface area is 82.5 Å². The molecule has 0 radical (unpaired) electrons. The molecule has 0 aromatic carbocycles. The van der Waals surface area contributed by atoms with Gasteiger partial charge in [0.1, 0.15) is 0 Å². The summed E-state index contributed by atoms with van der Waals surface area (Å²) in [6.07, 6.45) is 3.00. The molecule has 0 bridgehead atoms. The fraction of sp³-hybridized carbons (Fsp3) is 1.00. The van der Waals surface area contributed by atoms with Gasteiger partial charge in [0.05, 0.1) is 0 Å². The molecule has 2 rings (SSSR count). The van der Waals surface area contributed by atoms with Crippen LogP contribution in [-0.2, 0) is 0 Å². The van der Waals surface area contributed by atoms with Crippen molar-refractivity contribution < 1.29 is 0 Å². The molecule has 1 heterocycles. The molecule has 1 nitrogen and oxygen atoms in total. The number of likely N-dealkylation sites (tertiary alicyclic amines) is 1. The highest BCUT2D eigenvalue weighted by atomic mass is 15.2. The summed E-state index contributed by atoms with van der Waals surface area (Å²) in [7, 11) is 0. The van der Waals surface area contributed by atoms with Gasteiger partial charge in [-0.1, -0.05) is 13.8 Å². The molecule has 1 aliphatic heterocycles. The fourth-order valence-electron chi connectivity index (χ4n) is 3.03. The minimum absolute atomic E-state index is 0.751. The maximum atomic E-state index is 2.68. The maximum Gasteiger partial charge on any atom is 0.00440 e. The standard InChI is InChI=1S/C12H23N/c1-9(2)11-7-13(10(3)4)8-12(11)5-6-12/h9-11H,5-8H2,1-4H3. The third kappa shape index (κ3) is 1.52. The van der Waals surface area contributed by atoms with Crippen LogP contribution >= 0.6 is 0 Å². The van der Waals surface area contributed by atoms with Gasteiger partial charge in [-0.2, -0.15) is 0 Å². The Kier molecular flexibility index (Phi) is 2.18. The second kappa shape index (κ2) is 2.98. The number of hydrogen-bond donors (Lipinski definition) is 0. The van der Waals surface area contributed by atoms with Gasteiger partial charge in [0.15, 0.2) is 0 Å². The van der Waals surface area contributed by atoms with E-state index in [9.17, 15) is 0 Å². The Bertz CT molecular complexity index is 191. The third-order valence-corrected chi connectivity index (χ3v) is 4.16. The lowest BCUT2D eigenvalue weighted by Crippen LogP contribution is -2.29. The molecule has 76 valence electrons. The summed E-state index contributed by atoms with van der Waals surface area (Å²) in [6.45, 7) is 12.2. The zero-order chi connectivity index (χ0) is 9.64. The van der Waals surface area contributed by atoms with Crippen molar-refractivity contribution in [2.45, 2.75) is 46.6 Å². The van der Waals surface area contributed by atoms with Gasteiger partial charge in [0, 0.05) is 19.1 Å². The third-order valence-electron chi connectivity index (χ3n) is 4.16. The van der Waals surface area contributed by atoms with E-state index < -0.39 is 0 Å². The van der Waals surface area contributed by atoms with E-state index in [1.165, 1.54) is 25.9 Å². The number of nitrogens with zero attached hydrogens (tertiary/aromatic N) is 1. The van der Waals surface area contributed by atoms with E-state index in [1.54, 1.807) is 0 Å². The monoisotopic (exact) mass is 181 g/mol. The van der Waals surface area contributed by atoms with Crippen LogP contribution in [0.25, 0.3) is 0 Å². The van der Waals surface area contributed by atoms with E-state index in [1.807, 2.05) is 0 Å². The molecule has 1 atom stereocenters. The molecule has 1 spiro atoms. The Morgan fingerprint density at radius 3 is 2.08 bits per heavy atom. The summed E-state index contributed by atoms with van der Waals surface area (Å²) in [5.74, 6) is 1.86. The van der Waals surface area contributed by atoms with Crippen LogP contribution in [0.4, 0.5) is 0 Å². The minimum atomic E-state index is 0.751. The number of rotatable bonds is 2. The summed E-state index contributed by atoms with van der Waals surface area (Å²) in [4.78, 5) is 2.68. The van der Waals surface area contributed by atoms with Gasteiger partial charge in [-0.15, -0.1) is 0 Å². The van der Waals surface area contributed by atoms with Crippen molar-refractivity contribution in [1.82, 2.24) is 4.90 Å². The molecular weight excluding hydrogens is 158 g/mol. The zero-order valence-corrected chi connectivity index (χ0v) is 9.51. The Hall–Kier alpha value is -0.0400. The van der Waals surface area contributed by atoms with Crippen LogP contribution in [0.15, 0.2) is 0 Å². The second-order valence-corrected chi connectivity index (χ2v) is 5.74. The Morgan fingerprint density at radius 1 is 1.15 bits per heavy atom. The second-order valence-electron chi connectivity index (χ2n) is 5.74. The highest BCUT2D eigenvalue weighted by Crippen LogP contribution is 2.58. The van der Waals surface area contributed by atoms with Crippen molar-refractivity contribution in [3.05, 3.63) is 0 Å². The summed E-state index contributed by atoms with van der Waals surface area (Å²) in [5, 5.41) is 0. The topological polar surface area (TPSA) is 3.24 Å². The highest BCUT2D eigenvalue weighted by molar-refractivity contribution is 5.07. The molecule has 2 fully saturated rings. The van der Waals surface area contributed by atoms with Crippen molar-refractivity contribution in [3.63, 3.8) is 0 Å². The number of hydrogen-bond acceptors (Lipinski definition) is 1. The van der Waals surface area contributed by atoms with Crippen LogP contribution < -0.4 is 0 Å². The van der Waals surface area contributed by atoms with Crippen molar-refractivity contribution in [2.75, 3.05) is 13.1 Å². The maximum absolute atomic E-state index is 2.68. The van der Waals surface area contributed by atoms with E-state index in [0.717, 1.165) is 23.3 Å². The largest absolute Gasteiger partial charge is 0.300 e. The molecule has 1 saturated carbocycles. The molecule has 1 saturated heterocycles. The molecular formula is C12H23N. The van der Waals surface area contributed by atoms with Crippen LogP contribution in [-0.4, -0.2) is 24.0 Å². The predicted molar refractivity (Wildman–Crippen MR) is 56.7 cm³/mol. The van der Waals surface area contributed by atoms with Gasteiger partial charge in [-0.3, -0.25) is 0 Å². The molecule has 2 aliphatic rings. The molecule has 1 unspecified atom stereocenters. The van der Waals surface area contributed by atoms with Gasteiger partial charge >= 0.3 is 0 Å². The Balaban J connectivity index is 2.05. The minimum Gasteiger partial charge on any atom is -0.300 e. The van der Waals surface area contributed by atoms with Gasteiger partial charge < -0.3 is 4.90 Å². The van der Waals surface area contributed by atoms with Gasteiger partial charge in [-0.25, -0.2) is 0 Å². The van der Waals surface area contributed by atoms with Crippen molar-refractivity contribution in [3.8, 4) is 0 Å². The average Bonchev–Trinajstić information content (AvgIpc) is 2.61. The first kappa shape index (κ1) is 9.51. The normalized spacial score (nSPS) is 32.3. The lowest BCUT2D eigenvalue weighted by atomic mass is 9.84. The first-order valence-corrected chi connectivity index (χ1v) is 5.79. The van der Waals surface area contributed by atoms with Crippen LogP contribution in [0.2, 0.25) is 0 Å². The lowest BCUT2D eigenvalue weighted by Gasteiger charge is -2.21. The first-order chi connectivity index (χ1) is 6.05. The summed E-state index contributed by atoms with van der Waals surface area (Å²) in [6, 6.07) is 0.751. The van der Waals surface area contributed by atoms with E-state index in [4.69, 9.17) is 0 Å². The quantitative estimate of drug-likeness (QED) is 0.633. The predicted octanol–water partition coefficient (Wildman–Crippen LogP) is 2.76.